The molecular formula is C15H21N3O2S. The second-order valence-electron chi connectivity index (χ2n) is 6.07. The second kappa shape index (κ2) is 5.48. The molecule has 2 aliphatic rings. The van der Waals surface area contributed by atoms with Crippen LogP contribution in [0.25, 0.3) is 0 Å². The molecule has 6 heteroatoms. The molecule has 114 valence electrons. The van der Waals surface area contributed by atoms with Crippen LogP contribution in [0.2, 0.25) is 0 Å². The van der Waals surface area contributed by atoms with Crippen LogP contribution in [0.3, 0.4) is 0 Å². The first-order valence-electron chi connectivity index (χ1n) is 7.43. The molecule has 1 fully saturated rings. The van der Waals surface area contributed by atoms with Gasteiger partial charge in [-0.2, -0.15) is 11.8 Å². The Balaban J connectivity index is 1.82. The number of aromatic nitrogens is 2. The van der Waals surface area contributed by atoms with Gasteiger partial charge in [-0.3, -0.25) is 9.59 Å². The van der Waals surface area contributed by atoms with E-state index in [1.54, 1.807) is 11.8 Å². The zero-order valence-electron chi connectivity index (χ0n) is 12.6. The average Bonchev–Trinajstić information content (AvgIpc) is 2.79. The number of aromatic amines is 1. The van der Waals surface area contributed by atoms with Crippen LogP contribution in [0, 0.1) is 6.92 Å². The third kappa shape index (κ3) is 2.50. The monoisotopic (exact) mass is 307 g/mol. The Morgan fingerprint density at radius 2 is 2.10 bits per heavy atom. The van der Waals surface area contributed by atoms with E-state index in [0.717, 1.165) is 50.0 Å². The fraction of sp³-hybridized carbons (Fsp3) is 0.667. The number of carbonyl (C=O) groups excluding carboxylic acids is 1. The summed E-state index contributed by atoms with van der Waals surface area (Å²) in [4.78, 5) is 33.4. The molecule has 21 heavy (non-hydrogen) atoms. The van der Waals surface area contributed by atoms with Crippen LogP contribution < -0.4 is 5.56 Å². The minimum Gasteiger partial charge on any atom is -0.342 e. The molecule has 1 aliphatic carbocycles. The van der Waals surface area contributed by atoms with Crippen molar-refractivity contribution in [1.82, 2.24) is 14.9 Å². The van der Waals surface area contributed by atoms with Crippen molar-refractivity contribution in [3.63, 3.8) is 0 Å². The van der Waals surface area contributed by atoms with E-state index in [9.17, 15) is 9.59 Å². The standard InChI is InChI=1S/C15H21N3O2S/c1-10-16-13-11(14(20)17-10)3-4-15(13)5-7-18(8-6-15)12(19)9-21-2/h3-9H2,1-2H3,(H,16,17,20). The van der Waals surface area contributed by atoms with Gasteiger partial charge < -0.3 is 9.88 Å². The molecule has 5 nitrogen and oxygen atoms in total. The minimum absolute atomic E-state index is 0.0183. The first-order valence-corrected chi connectivity index (χ1v) is 8.82. The molecule has 0 bridgehead atoms. The maximum absolute atomic E-state index is 12.1. The van der Waals surface area contributed by atoms with E-state index in [0.29, 0.717) is 11.6 Å². The lowest BCUT2D eigenvalue weighted by atomic mass is 9.76. The summed E-state index contributed by atoms with van der Waals surface area (Å²) in [6.07, 6.45) is 5.62. The molecule has 1 saturated heterocycles. The Bertz CT molecular complexity index is 618. The number of amides is 1. The minimum atomic E-state index is 0.0183. The molecule has 1 aromatic rings. The van der Waals surface area contributed by atoms with Gasteiger partial charge in [0.2, 0.25) is 5.91 Å². The first-order chi connectivity index (χ1) is 10.1. The maximum atomic E-state index is 12.1. The van der Waals surface area contributed by atoms with Crippen LogP contribution in [0.15, 0.2) is 4.79 Å². The Labute approximate surface area is 128 Å². The topological polar surface area (TPSA) is 66.1 Å². The van der Waals surface area contributed by atoms with E-state index >= 15 is 0 Å². The van der Waals surface area contributed by atoms with E-state index in [4.69, 9.17) is 0 Å². The molecule has 0 unspecified atom stereocenters. The van der Waals surface area contributed by atoms with E-state index in [2.05, 4.69) is 9.97 Å². The van der Waals surface area contributed by atoms with Crippen molar-refractivity contribution in [2.24, 2.45) is 0 Å². The average molecular weight is 307 g/mol. The highest BCUT2D eigenvalue weighted by Crippen LogP contribution is 2.44. The number of carbonyl (C=O) groups is 1. The third-order valence-electron chi connectivity index (χ3n) is 4.83. The number of aryl methyl sites for hydroxylation is 1. The highest BCUT2D eigenvalue weighted by molar-refractivity contribution is 7.99. The Hall–Kier alpha value is -1.30. The van der Waals surface area contributed by atoms with E-state index in [1.165, 1.54) is 0 Å². The molecule has 1 aliphatic heterocycles. The summed E-state index contributed by atoms with van der Waals surface area (Å²) in [5.41, 5.74) is 1.91. The van der Waals surface area contributed by atoms with Gasteiger partial charge in [-0.15, -0.1) is 0 Å². The summed E-state index contributed by atoms with van der Waals surface area (Å²) in [7, 11) is 0. The number of thioether (sulfide) groups is 1. The number of H-pyrrole nitrogens is 1. The van der Waals surface area contributed by atoms with Crippen molar-refractivity contribution in [3.8, 4) is 0 Å². The van der Waals surface area contributed by atoms with Crippen molar-refractivity contribution in [2.45, 2.75) is 38.0 Å². The van der Waals surface area contributed by atoms with Crippen LogP contribution in [0.4, 0.5) is 0 Å². The molecule has 0 saturated carbocycles. The smallest absolute Gasteiger partial charge is 0.254 e. The van der Waals surface area contributed by atoms with Crippen LogP contribution in [0.1, 0.15) is 36.3 Å². The summed E-state index contributed by atoms with van der Waals surface area (Å²) in [6, 6.07) is 0. The van der Waals surface area contributed by atoms with Gasteiger partial charge in [0.15, 0.2) is 0 Å². The van der Waals surface area contributed by atoms with Crippen molar-refractivity contribution < 1.29 is 4.79 Å². The van der Waals surface area contributed by atoms with Crippen LogP contribution >= 0.6 is 11.8 Å². The molecule has 2 heterocycles. The first kappa shape index (κ1) is 14.6. The molecule has 0 aromatic carbocycles. The van der Waals surface area contributed by atoms with Gasteiger partial charge in [0.1, 0.15) is 5.82 Å². The van der Waals surface area contributed by atoms with Crippen molar-refractivity contribution in [3.05, 3.63) is 27.4 Å². The number of nitrogens with zero attached hydrogens (tertiary/aromatic N) is 2. The van der Waals surface area contributed by atoms with Crippen LogP contribution in [0.5, 0.6) is 0 Å². The Morgan fingerprint density at radius 3 is 2.76 bits per heavy atom. The second-order valence-corrected chi connectivity index (χ2v) is 6.94. The molecule has 1 aromatic heterocycles. The largest absolute Gasteiger partial charge is 0.342 e. The fourth-order valence-electron chi connectivity index (χ4n) is 3.65. The summed E-state index contributed by atoms with van der Waals surface area (Å²) in [5, 5.41) is 0. The zero-order valence-corrected chi connectivity index (χ0v) is 13.4. The van der Waals surface area contributed by atoms with Gasteiger partial charge >= 0.3 is 0 Å². The number of nitrogens with one attached hydrogen (secondary N) is 1. The highest BCUT2D eigenvalue weighted by atomic mass is 32.2. The number of hydrogen-bond acceptors (Lipinski definition) is 4. The van der Waals surface area contributed by atoms with Crippen molar-refractivity contribution in [1.29, 1.82) is 0 Å². The number of rotatable bonds is 2. The number of piperidine rings is 1. The van der Waals surface area contributed by atoms with Gasteiger partial charge in [-0.1, -0.05) is 0 Å². The quantitative estimate of drug-likeness (QED) is 0.893. The van der Waals surface area contributed by atoms with E-state index in [-0.39, 0.29) is 16.9 Å². The predicted octanol–water partition coefficient (Wildman–Crippen LogP) is 1.25. The zero-order chi connectivity index (χ0) is 15.0. The summed E-state index contributed by atoms with van der Waals surface area (Å²) < 4.78 is 0. The molecule has 1 amide bonds. The lowest BCUT2D eigenvalue weighted by Gasteiger charge is -2.39. The molecular weight excluding hydrogens is 286 g/mol. The van der Waals surface area contributed by atoms with Gasteiger partial charge in [0.05, 0.1) is 11.4 Å². The van der Waals surface area contributed by atoms with Crippen molar-refractivity contribution >= 4 is 17.7 Å². The summed E-state index contributed by atoms with van der Waals surface area (Å²) >= 11 is 1.57. The van der Waals surface area contributed by atoms with Gasteiger partial charge in [-0.05, 0) is 38.9 Å². The SMILES string of the molecule is CSCC(=O)N1CCC2(CCc3c2nc(C)[nH]c3=O)CC1. The Morgan fingerprint density at radius 1 is 1.38 bits per heavy atom. The molecule has 1 spiro atoms. The molecule has 1 N–H and O–H groups in total. The third-order valence-corrected chi connectivity index (χ3v) is 5.37. The van der Waals surface area contributed by atoms with Crippen LogP contribution in [-0.4, -0.2) is 45.9 Å². The number of fused-ring (bicyclic) bond motifs is 2. The van der Waals surface area contributed by atoms with Gasteiger partial charge in [-0.25, -0.2) is 4.98 Å². The lowest BCUT2D eigenvalue weighted by molar-refractivity contribution is -0.129. The highest BCUT2D eigenvalue weighted by Gasteiger charge is 2.44. The maximum Gasteiger partial charge on any atom is 0.254 e. The normalized spacial score (nSPS) is 19.8. The van der Waals surface area contributed by atoms with E-state index in [1.807, 2.05) is 18.1 Å². The van der Waals surface area contributed by atoms with Gasteiger partial charge in [0.25, 0.3) is 5.56 Å². The number of hydrogen-bond donors (Lipinski definition) is 1. The van der Waals surface area contributed by atoms with E-state index < -0.39 is 0 Å². The summed E-state index contributed by atoms with van der Waals surface area (Å²) in [6.45, 7) is 3.41. The lowest BCUT2D eigenvalue weighted by Crippen LogP contribution is -2.45. The molecule has 0 radical (unpaired) electrons. The number of likely N-dealkylation sites (tertiary alicyclic amines) is 1. The Kier molecular flexibility index (Phi) is 3.82. The molecule has 0 atom stereocenters. The fourth-order valence-corrected chi connectivity index (χ4v) is 4.08. The summed E-state index contributed by atoms with van der Waals surface area (Å²) in [5.74, 6) is 1.48. The van der Waals surface area contributed by atoms with Crippen LogP contribution in [-0.2, 0) is 16.6 Å². The van der Waals surface area contributed by atoms with Crippen molar-refractivity contribution in [2.75, 3.05) is 25.1 Å². The predicted molar refractivity (Wildman–Crippen MR) is 83.8 cm³/mol. The van der Waals surface area contributed by atoms with Gasteiger partial charge in [0, 0.05) is 24.1 Å². The molecule has 3 rings (SSSR count).